The van der Waals surface area contributed by atoms with Gasteiger partial charge in [0, 0.05) is 24.7 Å². The molecule has 1 aliphatic rings. The highest BCUT2D eigenvalue weighted by Gasteiger charge is 2.35. The molecular formula is C17H21N3O4. The van der Waals surface area contributed by atoms with Gasteiger partial charge in [-0.2, -0.15) is 5.10 Å². The summed E-state index contributed by atoms with van der Waals surface area (Å²) in [7, 11) is 1.35. The number of likely N-dealkylation sites (tertiary alicyclic amines) is 1. The largest absolute Gasteiger partial charge is 0.465 e. The van der Waals surface area contributed by atoms with Crippen LogP contribution in [0.2, 0.25) is 0 Å². The summed E-state index contributed by atoms with van der Waals surface area (Å²) in [5, 5.41) is 5.45. The predicted molar refractivity (Wildman–Crippen MR) is 87.9 cm³/mol. The Morgan fingerprint density at radius 2 is 1.96 bits per heavy atom. The van der Waals surface area contributed by atoms with E-state index in [0.29, 0.717) is 18.7 Å². The Hall–Kier alpha value is -2.57. The van der Waals surface area contributed by atoms with Crippen molar-refractivity contribution in [2.24, 2.45) is 0 Å². The van der Waals surface area contributed by atoms with E-state index in [1.807, 2.05) is 37.7 Å². The molecule has 0 unspecified atom stereocenters. The average Bonchev–Trinajstić information content (AvgIpc) is 2.85. The highest BCUT2D eigenvalue weighted by molar-refractivity contribution is 5.94. The summed E-state index contributed by atoms with van der Waals surface area (Å²) in [4.78, 5) is 25.2. The van der Waals surface area contributed by atoms with E-state index in [-0.39, 0.29) is 18.1 Å². The van der Waals surface area contributed by atoms with Crippen molar-refractivity contribution in [2.45, 2.75) is 32.4 Å². The zero-order chi connectivity index (χ0) is 17.5. The number of esters is 1. The summed E-state index contributed by atoms with van der Waals surface area (Å²) in [5.41, 5.74) is 0.709. The van der Waals surface area contributed by atoms with Gasteiger partial charge in [0.15, 0.2) is 0 Å². The molecule has 1 amide bonds. The van der Waals surface area contributed by atoms with Crippen molar-refractivity contribution >= 4 is 23.0 Å². The molecule has 3 rings (SSSR count). The van der Waals surface area contributed by atoms with Crippen LogP contribution in [0.3, 0.4) is 0 Å². The number of carbonyl (C=O) groups is 2. The first-order chi connectivity index (χ1) is 11.3. The smallest absolute Gasteiger partial charge is 0.410 e. The van der Waals surface area contributed by atoms with Crippen molar-refractivity contribution in [2.75, 3.05) is 20.2 Å². The van der Waals surface area contributed by atoms with E-state index in [9.17, 15) is 9.59 Å². The van der Waals surface area contributed by atoms with Crippen LogP contribution in [0.4, 0.5) is 4.79 Å². The Labute approximate surface area is 140 Å². The summed E-state index contributed by atoms with van der Waals surface area (Å²) < 4.78 is 11.9. The highest BCUT2D eigenvalue weighted by Crippen LogP contribution is 2.25. The van der Waals surface area contributed by atoms with Crippen molar-refractivity contribution in [1.82, 2.24) is 14.7 Å². The van der Waals surface area contributed by atoms with Crippen LogP contribution < -0.4 is 0 Å². The zero-order valence-corrected chi connectivity index (χ0v) is 14.3. The molecule has 0 radical (unpaired) electrons. The number of nitrogens with zero attached hydrogens (tertiary/aromatic N) is 3. The van der Waals surface area contributed by atoms with Crippen LogP contribution in [0.25, 0.3) is 10.9 Å². The lowest BCUT2D eigenvalue weighted by atomic mass is 10.1. The Bertz CT molecular complexity index is 785. The van der Waals surface area contributed by atoms with Gasteiger partial charge in [0.1, 0.15) is 5.60 Å². The van der Waals surface area contributed by atoms with Gasteiger partial charge in [0.05, 0.1) is 24.2 Å². The lowest BCUT2D eigenvalue weighted by molar-refractivity contribution is -0.000308. The summed E-state index contributed by atoms with van der Waals surface area (Å²) >= 11 is 0. The molecule has 2 aromatic rings. The normalized spacial score (nSPS) is 15.2. The summed E-state index contributed by atoms with van der Waals surface area (Å²) in [6, 6.07) is 5.39. The molecule has 1 saturated heterocycles. The Kier molecular flexibility index (Phi) is 3.95. The third-order valence-electron chi connectivity index (χ3n) is 3.83. The van der Waals surface area contributed by atoms with Crippen molar-refractivity contribution in [3.05, 3.63) is 30.0 Å². The number of amides is 1. The molecule has 0 N–H and O–H groups in total. The van der Waals surface area contributed by atoms with E-state index in [0.717, 1.165) is 10.9 Å². The molecule has 0 aliphatic carbocycles. The number of ether oxygens (including phenoxy) is 2. The van der Waals surface area contributed by atoms with E-state index >= 15 is 0 Å². The van der Waals surface area contributed by atoms with E-state index in [4.69, 9.17) is 9.47 Å². The standard InChI is InChI=1S/C17H21N3O4/c1-17(2,3)24-16(22)19-9-13(10-19)20-8-12-6-5-11(15(21)23-4)7-14(12)18-20/h5-8,13H,9-10H2,1-4H3. The maximum absolute atomic E-state index is 12.0. The summed E-state index contributed by atoms with van der Waals surface area (Å²) in [5.74, 6) is -0.383. The second kappa shape index (κ2) is 5.81. The second-order valence-electron chi connectivity index (χ2n) is 6.91. The SMILES string of the molecule is COC(=O)c1ccc2cn(C3CN(C(=O)OC(C)(C)C)C3)nc2c1. The number of aromatic nitrogens is 2. The molecule has 1 fully saturated rings. The molecule has 0 spiro atoms. The molecule has 24 heavy (non-hydrogen) atoms. The first-order valence-corrected chi connectivity index (χ1v) is 7.82. The maximum atomic E-state index is 12.0. The van der Waals surface area contributed by atoms with Gasteiger partial charge in [-0.05, 0) is 32.9 Å². The van der Waals surface area contributed by atoms with Gasteiger partial charge in [-0.25, -0.2) is 9.59 Å². The lowest BCUT2D eigenvalue weighted by Crippen LogP contribution is -2.52. The quantitative estimate of drug-likeness (QED) is 0.791. The van der Waals surface area contributed by atoms with E-state index in [1.54, 1.807) is 17.0 Å². The molecule has 1 aliphatic heterocycles. The Balaban J connectivity index is 1.69. The number of methoxy groups -OCH3 is 1. The number of hydrogen-bond acceptors (Lipinski definition) is 5. The molecule has 1 aromatic heterocycles. The van der Waals surface area contributed by atoms with Crippen LogP contribution in [0.5, 0.6) is 0 Å². The van der Waals surface area contributed by atoms with Crippen LogP contribution in [-0.4, -0.2) is 52.5 Å². The third-order valence-corrected chi connectivity index (χ3v) is 3.83. The molecular weight excluding hydrogens is 310 g/mol. The Morgan fingerprint density at radius 3 is 2.58 bits per heavy atom. The van der Waals surface area contributed by atoms with Crippen LogP contribution in [0.15, 0.2) is 24.4 Å². The van der Waals surface area contributed by atoms with Gasteiger partial charge in [0.2, 0.25) is 0 Å². The first kappa shape index (κ1) is 16.3. The first-order valence-electron chi connectivity index (χ1n) is 7.82. The molecule has 0 bridgehead atoms. The minimum Gasteiger partial charge on any atom is -0.465 e. The fourth-order valence-electron chi connectivity index (χ4n) is 2.57. The highest BCUT2D eigenvalue weighted by atomic mass is 16.6. The summed E-state index contributed by atoms with van der Waals surface area (Å²) in [6.07, 6.45) is 1.62. The number of carbonyl (C=O) groups excluding carboxylic acids is 2. The van der Waals surface area contributed by atoms with Crippen molar-refractivity contribution in [1.29, 1.82) is 0 Å². The molecule has 0 atom stereocenters. The topological polar surface area (TPSA) is 73.7 Å². The van der Waals surface area contributed by atoms with E-state index in [1.165, 1.54) is 7.11 Å². The van der Waals surface area contributed by atoms with Crippen molar-refractivity contribution in [3.63, 3.8) is 0 Å². The van der Waals surface area contributed by atoms with Crippen molar-refractivity contribution < 1.29 is 19.1 Å². The van der Waals surface area contributed by atoms with Crippen LogP contribution >= 0.6 is 0 Å². The lowest BCUT2D eigenvalue weighted by Gasteiger charge is -2.39. The number of benzene rings is 1. The Morgan fingerprint density at radius 1 is 1.25 bits per heavy atom. The molecule has 1 aromatic carbocycles. The fourth-order valence-corrected chi connectivity index (χ4v) is 2.57. The van der Waals surface area contributed by atoms with Crippen LogP contribution in [-0.2, 0) is 9.47 Å². The molecule has 2 heterocycles. The van der Waals surface area contributed by atoms with Crippen LogP contribution in [0.1, 0.15) is 37.2 Å². The number of fused-ring (bicyclic) bond motifs is 1. The van der Waals surface area contributed by atoms with Gasteiger partial charge in [-0.3, -0.25) is 4.68 Å². The van der Waals surface area contributed by atoms with Gasteiger partial charge in [-0.1, -0.05) is 6.07 Å². The van der Waals surface area contributed by atoms with Gasteiger partial charge in [-0.15, -0.1) is 0 Å². The van der Waals surface area contributed by atoms with Crippen LogP contribution in [0, 0.1) is 0 Å². The van der Waals surface area contributed by atoms with Gasteiger partial charge < -0.3 is 14.4 Å². The average molecular weight is 331 g/mol. The second-order valence-corrected chi connectivity index (χ2v) is 6.91. The fraction of sp³-hybridized carbons (Fsp3) is 0.471. The van der Waals surface area contributed by atoms with E-state index < -0.39 is 5.60 Å². The minimum absolute atomic E-state index is 0.117. The maximum Gasteiger partial charge on any atom is 0.410 e. The molecule has 128 valence electrons. The number of rotatable bonds is 2. The molecule has 7 nitrogen and oxygen atoms in total. The molecule has 7 heteroatoms. The number of hydrogen-bond donors (Lipinski definition) is 0. The molecule has 0 saturated carbocycles. The minimum atomic E-state index is -0.493. The van der Waals surface area contributed by atoms with Gasteiger partial charge in [0.25, 0.3) is 0 Å². The summed E-state index contributed by atoms with van der Waals surface area (Å²) in [6.45, 7) is 6.67. The van der Waals surface area contributed by atoms with Crippen molar-refractivity contribution in [3.8, 4) is 0 Å². The van der Waals surface area contributed by atoms with Gasteiger partial charge >= 0.3 is 12.1 Å². The van der Waals surface area contributed by atoms with E-state index in [2.05, 4.69) is 5.10 Å². The predicted octanol–water partition coefficient (Wildman–Crippen LogP) is 2.61. The third kappa shape index (κ3) is 3.20. The zero-order valence-electron chi connectivity index (χ0n) is 14.3. The monoisotopic (exact) mass is 331 g/mol.